The quantitative estimate of drug-likeness (QED) is 0.306. The van der Waals surface area contributed by atoms with Crippen molar-refractivity contribution in [3.8, 4) is 0 Å². The number of benzene rings is 2. The number of sulfone groups is 1. The molecule has 2 aromatic rings. The Bertz CT molecular complexity index is 1790. The standard InChI is InChI=1S/C42H58FN5O6S/c1-4-39(49)47-22-23-54-26-36(25-47)55(51,52)35-14-12-34(13-15-35)48-28-41(2,29-48)27-46-20-16-31(17-21-46)42(30-45-18-7-19-45,32-8-5-9-33(43)24-32)37-10-6-11-38(37)44-40(50)53-3/h4-5,8-9,12-15,24,31,36-38H,1,6-7,10-11,16-23,25-30H2,2-3H3,(H,44,50)/t36-,37+,38+,42+/m1/s1. The van der Waals surface area contributed by atoms with E-state index in [4.69, 9.17) is 9.47 Å². The van der Waals surface area contributed by atoms with Crippen LogP contribution in [-0.4, -0.2) is 132 Å². The second kappa shape index (κ2) is 16.5. The molecular formula is C42H58FN5O6S. The lowest BCUT2D eigenvalue weighted by Crippen LogP contribution is -2.62. The highest BCUT2D eigenvalue weighted by molar-refractivity contribution is 7.92. The normalized spacial score (nSPS) is 26.3. The molecule has 0 spiro atoms. The van der Waals surface area contributed by atoms with Crippen molar-refractivity contribution in [1.29, 1.82) is 0 Å². The minimum atomic E-state index is -3.71. The Morgan fingerprint density at radius 2 is 1.76 bits per heavy atom. The van der Waals surface area contributed by atoms with E-state index in [0.717, 1.165) is 95.7 Å². The summed E-state index contributed by atoms with van der Waals surface area (Å²) in [7, 11) is -2.30. The maximum Gasteiger partial charge on any atom is 0.407 e. The van der Waals surface area contributed by atoms with Crippen LogP contribution in [0.25, 0.3) is 0 Å². The number of rotatable bonds is 12. The van der Waals surface area contributed by atoms with Gasteiger partial charge in [-0.25, -0.2) is 17.6 Å². The maximum absolute atomic E-state index is 15.0. The van der Waals surface area contributed by atoms with E-state index in [1.807, 2.05) is 18.2 Å². The number of hydrogen-bond acceptors (Lipinski definition) is 9. The number of nitrogens with one attached hydrogen (secondary N) is 1. The number of likely N-dealkylation sites (tertiary alicyclic amines) is 2. The zero-order chi connectivity index (χ0) is 38.8. The van der Waals surface area contributed by atoms with Crippen LogP contribution in [0.2, 0.25) is 0 Å². The van der Waals surface area contributed by atoms with Gasteiger partial charge < -0.3 is 34.4 Å². The molecule has 0 aromatic heterocycles. The van der Waals surface area contributed by atoms with E-state index in [9.17, 15) is 18.0 Å². The van der Waals surface area contributed by atoms with Gasteiger partial charge in [-0.2, -0.15) is 0 Å². The van der Waals surface area contributed by atoms with Gasteiger partial charge in [-0.1, -0.05) is 32.1 Å². The third-order valence-electron chi connectivity index (χ3n) is 13.2. The second-order valence-corrected chi connectivity index (χ2v) is 19.1. The molecule has 4 saturated heterocycles. The lowest BCUT2D eigenvalue weighted by Gasteiger charge is -2.55. The fourth-order valence-corrected chi connectivity index (χ4v) is 11.9. The number of nitrogens with zero attached hydrogens (tertiary/aromatic N) is 4. The van der Waals surface area contributed by atoms with Crippen LogP contribution in [0.1, 0.15) is 51.0 Å². The highest BCUT2D eigenvalue weighted by atomic mass is 32.2. The molecule has 2 aromatic carbocycles. The van der Waals surface area contributed by atoms with Crippen molar-refractivity contribution < 1.29 is 31.9 Å². The van der Waals surface area contributed by atoms with E-state index in [-0.39, 0.29) is 52.6 Å². The Morgan fingerprint density at radius 3 is 2.42 bits per heavy atom. The molecule has 0 bridgehead atoms. The summed E-state index contributed by atoms with van der Waals surface area (Å²) in [4.78, 5) is 33.9. The van der Waals surface area contributed by atoms with Crippen molar-refractivity contribution in [3.05, 3.63) is 72.6 Å². The lowest BCUT2D eigenvalue weighted by atomic mass is 9.57. The van der Waals surface area contributed by atoms with E-state index in [0.29, 0.717) is 19.1 Å². The molecule has 5 aliphatic rings. The molecule has 11 nitrogen and oxygen atoms in total. The number of alkyl carbamates (subject to hydrolysis) is 1. The Morgan fingerprint density at radius 1 is 1.02 bits per heavy atom. The molecule has 2 amide bonds. The van der Waals surface area contributed by atoms with Crippen LogP contribution >= 0.6 is 0 Å². The number of anilines is 1. The topological polar surface area (TPSA) is 112 Å². The van der Waals surface area contributed by atoms with Crippen molar-refractivity contribution >= 4 is 27.5 Å². The highest BCUT2D eigenvalue weighted by Gasteiger charge is 2.53. The van der Waals surface area contributed by atoms with Crippen LogP contribution in [0.3, 0.4) is 0 Å². The van der Waals surface area contributed by atoms with Gasteiger partial charge in [0.25, 0.3) is 0 Å². The summed E-state index contributed by atoms with van der Waals surface area (Å²) in [5.41, 5.74) is 1.86. The number of halogens is 1. The van der Waals surface area contributed by atoms with E-state index in [1.54, 1.807) is 18.2 Å². The average Bonchev–Trinajstić information content (AvgIpc) is 3.46. The largest absolute Gasteiger partial charge is 0.453 e. The predicted octanol–water partition coefficient (Wildman–Crippen LogP) is 4.72. The number of carbonyl (C=O) groups is 2. The van der Waals surface area contributed by atoms with Crippen LogP contribution in [0.15, 0.2) is 66.1 Å². The van der Waals surface area contributed by atoms with E-state index >= 15 is 4.39 Å². The van der Waals surface area contributed by atoms with Crippen LogP contribution in [0.5, 0.6) is 0 Å². The molecule has 4 heterocycles. The number of ether oxygens (including phenoxy) is 2. The number of amides is 2. The molecular weight excluding hydrogens is 722 g/mol. The molecule has 1 saturated carbocycles. The fourth-order valence-electron chi connectivity index (χ4n) is 10.4. The predicted molar refractivity (Wildman–Crippen MR) is 210 cm³/mol. The molecule has 0 radical (unpaired) electrons. The summed E-state index contributed by atoms with van der Waals surface area (Å²) in [6.07, 6.45) is 6.92. The van der Waals surface area contributed by atoms with Crippen molar-refractivity contribution in [1.82, 2.24) is 20.0 Å². The first-order valence-electron chi connectivity index (χ1n) is 20.1. The van der Waals surface area contributed by atoms with Crippen molar-refractivity contribution in [3.63, 3.8) is 0 Å². The number of hydrogen-bond donors (Lipinski definition) is 1. The van der Waals surface area contributed by atoms with Gasteiger partial charge in [0.1, 0.15) is 11.1 Å². The van der Waals surface area contributed by atoms with Crippen LogP contribution in [-0.2, 0) is 29.5 Å². The number of methoxy groups -OCH3 is 1. The Labute approximate surface area is 326 Å². The molecule has 55 heavy (non-hydrogen) atoms. The fraction of sp³-hybridized carbons (Fsp3) is 0.619. The van der Waals surface area contributed by atoms with E-state index in [1.165, 1.54) is 30.6 Å². The minimum absolute atomic E-state index is 0.0201. The third-order valence-corrected chi connectivity index (χ3v) is 15.3. The zero-order valence-corrected chi connectivity index (χ0v) is 33.3. The zero-order valence-electron chi connectivity index (χ0n) is 32.5. The summed E-state index contributed by atoms with van der Waals surface area (Å²) in [5, 5.41) is 2.34. The molecule has 300 valence electrons. The molecule has 13 heteroatoms. The molecule has 5 fully saturated rings. The smallest absolute Gasteiger partial charge is 0.407 e. The number of carbonyl (C=O) groups excluding carboxylic acids is 2. The third kappa shape index (κ3) is 8.31. The Kier molecular flexibility index (Phi) is 11.9. The monoisotopic (exact) mass is 779 g/mol. The first-order valence-corrected chi connectivity index (χ1v) is 21.6. The van der Waals surface area contributed by atoms with Gasteiger partial charge in [0, 0.05) is 61.8 Å². The molecule has 1 aliphatic carbocycles. The minimum Gasteiger partial charge on any atom is -0.453 e. The van der Waals surface area contributed by atoms with Crippen LogP contribution < -0.4 is 10.2 Å². The van der Waals surface area contributed by atoms with Gasteiger partial charge in [0.2, 0.25) is 5.91 Å². The summed E-state index contributed by atoms with van der Waals surface area (Å²) in [6, 6.07) is 14.4. The van der Waals surface area contributed by atoms with Gasteiger partial charge in [-0.15, -0.1) is 0 Å². The van der Waals surface area contributed by atoms with Gasteiger partial charge in [0.15, 0.2) is 9.84 Å². The van der Waals surface area contributed by atoms with Crippen molar-refractivity contribution in [2.45, 2.75) is 67.1 Å². The average molecular weight is 780 g/mol. The molecule has 4 atom stereocenters. The Hall–Kier alpha value is -3.52. The van der Waals surface area contributed by atoms with E-state index in [2.05, 4.69) is 39.6 Å². The summed E-state index contributed by atoms with van der Waals surface area (Å²) >= 11 is 0. The highest BCUT2D eigenvalue weighted by Crippen LogP contribution is 2.52. The van der Waals surface area contributed by atoms with Crippen LogP contribution in [0.4, 0.5) is 14.9 Å². The summed E-state index contributed by atoms with van der Waals surface area (Å²) in [5.74, 6) is 0.0188. The van der Waals surface area contributed by atoms with Gasteiger partial charge in [-0.3, -0.25) is 4.79 Å². The molecule has 7 rings (SSSR count). The first kappa shape index (κ1) is 39.7. The second-order valence-electron chi connectivity index (χ2n) is 16.9. The first-order chi connectivity index (χ1) is 26.4. The molecule has 1 N–H and O–H groups in total. The lowest BCUT2D eigenvalue weighted by molar-refractivity contribution is -0.126. The van der Waals surface area contributed by atoms with Crippen molar-refractivity contribution in [2.75, 3.05) is 90.7 Å². The van der Waals surface area contributed by atoms with Gasteiger partial charge >= 0.3 is 6.09 Å². The van der Waals surface area contributed by atoms with Crippen LogP contribution in [0, 0.1) is 23.1 Å². The SMILES string of the molecule is C=CC(=O)N1CCOC[C@H](S(=O)(=O)c2ccc(N3CC(C)(CN4CCC([C@@](CN5CCC5)(c5cccc(F)c5)[C@H]5CCC[C@@H]5NC(=O)OC)CC4)C3)cc2)C1. The van der Waals surface area contributed by atoms with Crippen molar-refractivity contribution in [2.24, 2.45) is 17.3 Å². The summed E-state index contributed by atoms with van der Waals surface area (Å²) in [6.45, 7) is 14.3. The molecule has 4 aliphatic heterocycles. The van der Waals surface area contributed by atoms with Gasteiger partial charge in [0.05, 0.1) is 25.2 Å². The summed E-state index contributed by atoms with van der Waals surface area (Å²) < 4.78 is 52.8. The van der Waals surface area contributed by atoms with E-state index < -0.39 is 21.2 Å². The number of piperidine rings is 1. The maximum atomic E-state index is 15.0. The molecule has 0 unspecified atom stereocenters. The van der Waals surface area contributed by atoms with Gasteiger partial charge in [-0.05, 0) is 118 Å². The Balaban J connectivity index is 1.00.